The molecule has 0 spiro atoms. The number of halogens is 1. The fraction of sp³-hybridized carbons (Fsp3) is 0.158. The summed E-state index contributed by atoms with van der Waals surface area (Å²) in [7, 11) is 0. The van der Waals surface area contributed by atoms with Gasteiger partial charge >= 0.3 is 0 Å². The summed E-state index contributed by atoms with van der Waals surface area (Å²) in [5, 5.41) is 0.399. The van der Waals surface area contributed by atoms with Gasteiger partial charge in [-0.1, -0.05) is 35.9 Å². The van der Waals surface area contributed by atoms with Crippen LogP contribution in [0.5, 0.6) is 0 Å². The first kappa shape index (κ1) is 18.6. The molecule has 0 radical (unpaired) electrons. The Hall–Kier alpha value is -3.19. The fourth-order valence-corrected chi connectivity index (χ4v) is 2.92. The maximum absolute atomic E-state index is 12.4. The summed E-state index contributed by atoms with van der Waals surface area (Å²) in [6.45, 7) is -0.0646. The molecule has 0 unspecified atom stereocenters. The molecule has 0 saturated heterocycles. The van der Waals surface area contributed by atoms with Crippen LogP contribution in [0.3, 0.4) is 0 Å². The Morgan fingerprint density at radius 2 is 1.81 bits per heavy atom. The smallest absolute Gasteiger partial charge is 0.269 e. The van der Waals surface area contributed by atoms with Crippen LogP contribution in [0.1, 0.15) is 32.7 Å². The molecule has 0 fully saturated rings. The molecule has 1 aliphatic rings. The van der Waals surface area contributed by atoms with Gasteiger partial charge in [0.1, 0.15) is 0 Å². The highest BCUT2D eigenvalue weighted by Crippen LogP contribution is 2.19. The zero-order chi connectivity index (χ0) is 19.4. The first-order chi connectivity index (χ1) is 13.0. The Labute approximate surface area is 160 Å². The van der Waals surface area contributed by atoms with Gasteiger partial charge in [-0.3, -0.25) is 34.9 Å². The van der Waals surface area contributed by atoms with E-state index in [1.807, 2.05) is 0 Å². The molecule has 0 atom stereocenters. The van der Waals surface area contributed by atoms with Crippen molar-refractivity contribution in [3.8, 4) is 0 Å². The van der Waals surface area contributed by atoms with E-state index >= 15 is 0 Å². The molecular weight excluding hydrogens is 370 g/mol. The van der Waals surface area contributed by atoms with Crippen LogP contribution in [0.15, 0.2) is 48.5 Å². The summed E-state index contributed by atoms with van der Waals surface area (Å²) in [6, 6.07) is 13.1. The molecular formula is C19H16ClN3O4. The van der Waals surface area contributed by atoms with Crippen LogP contribution in [0.4, 0.5) is 0 Å². The number of amides is 4. The van der Waals surface area contributed by atoms with Gasteiger partial charge in [0, 0.05) is 29.1 Å². The summed E-state index contributed by atoms with van der Waals surface area (Å²) in [5.74, 6) is -1.82. The lowest BCUT2D eigenvalue weighted by Crippen LogP contribution is -2.46. The number of fused-ring (bicyclic) bond motifs is 1. The Morgan fingerprint density at radius 3 is 2.59 bits per heavy atom. The normalized spacial score (nSPS) is 13.1. The van der Waals surface area contributed by atoms with Gasteiger partial charge in [-0.05, 0) is 29.8 Å². The standard InChI is InChI=1S/C19H16ClN3O4/c20-14-6-3-5-13(10-14)18(26)22-21-16(24)8-9-23-17(25)11-12-4-1-2-7-15(12)19(23)27/h1-7,10H,8-9,11H2,(H,21,24)(H,22,26). The zero-order valence-corrected chi connectivity index (χ0v) is 15.0. The van der Waals surface area contributed by atoms with Crippen LogP contribution >= 0.6 is 11.6 Å². The van der Waals surface area contributed by atoms with Crippen LogP contribution in [0.25, 0.3) is 0 Å². The maximum Gasteiger partial charge on any atom is 0.269 e. The minimum Gasteiger partial charge on any atom is -0.278 e. The van der Waals surface area contributed by atoms with Crippen LogP contribution in [0, 0.1) is 0 Å². The van der Waals surface area contributed by atoms with Crippen molar-refractivity contribution >= 4 is 35.2 Å². The largest absolute Gasteiger partial charge is 0.278 e. The Morgan fingerprint density at radius 1 is 1.04 bits per heavy atom. The molecule has 138 valence electrons. The van der Waals surface area contributed by atoms with Crippen LogP contribution in [-0.4, -0.2) is 35.1 Å². The molecule has 2 N–H and O–H groups in total. The molecule has 8 heteroatoms. The van der Waals surface area contributed by atoms with Gasteiger partial charge in [0.25, 0.3) is 11.8 Å². The lowest BCUT2D eigenvalue weighted by Gasteiger charge is -2.26. The molecule has 2 aromatic carbocycles. The molecule has 0 aromatic heterocycles. The van der Waals surface area contributed by atoms with Gasteiger partial charge in [0.15, 0.2) is 0 Å². The zero-order valence-electron chi connectivity index (χ0n) is 14.2. The van der Waals surface area contributed by atoms with Gasteiger partial charge in [-0.15, -0.1) is 0 Å². The third-order valence-electron chi connectivity index (χ3n) is 4.10. The molecule has 1 aliphatic heterocycles. The summed E-state index contributed by atoms with van der Waals surface area (Å²) in [6.07, 6.45) is -0.00942. The van der Waals surface area contributed by atoms with E-state index in [4.69, 9.17) is 11.6 Å². The second kappa shape index (κ2) is 8.01. The lowest BCUT2D eigenvalue weighted by atomic mass is 9.98. The van der Waals surface area contributed by atoms with Gasteiger partial charge in [-0.2, -0.15) is 0 Å². The summed E-state index contributed by atoms with van der Waals surface area (Å²) >= 11 is 5.81. The third-order valence-corrected chi connectivity index (χ3v) is 4.34. The molecule has 0 bridgehead atoms. The minimum absolute atomic E-state index is 0.0646. The van der Waals surface area contributed by atoms with E-state index in [0.29, 0.717) is 21.7 Å². The van der Waals surface area contributed by atoms with Gasteiger partial charge in [-0.25, -0.2) is 0 Å². The van der Waals surface area contributed by atoms with E-state index in [-0.39, 0.29) is 25.3 Å². The van der Waals surface area contributed by atoms with E-state index in [2.05, 4.69) is 10.9 Å². The van der Waals surface area contributed by atoms with Crippen molar-refractivity contribution < 1.29 is 19.2 Å². The van der Waals surface area contributed by atoms with Gasteiger partial charge in [0.2, 0.25) is 11.8 Å². The SMILES string of the molecule is O=C(CCN1C(=O)Cc2ccccc2C1=O)NNC(=O)c1cccc(Cl)c1. The number of benzene rings is 2. The number of hydrazine groups is 1. The molecule has 2 aromatic rings. The minimum atomic E-state index is -0.523. The lowest BCUT2D eigenvalue weighted by molar-refractivity contribution is -0.129. The number of carbonyl (C=O) groups excluding carboxylic acids is 4. The van der Waals surface area contributed by atoms with Crippen LogP contribution in [0.2, 0.25) is 5.02 Å². The Bertz CT molecular complexity index is 929. The molecule has 3 rings (SSSR count). The second-order valence-corrected chi connectivity index (χ2v) is 6.38. The highest BCUT2D eigenvalue weighted by Gasteiger charge is 2.30. The Kier molecular flexibility index (Phi) is 5.52. The van der Waals surface area contributed by atoms with Gasteiger partial charge in [0.05, 0.1) is 6.42 Å². The molecule has 27 heavy (non-hydrogen) atoms. The van der Waals surface area contributed by atoms with E-state index in [1.165, 1.54) is 6.07 Å². The molecule has 7 nitrogen and oxygen atoms in total. The summed E-state index contributed by atoms with van der Waals surface area (Å²) < 4.78 is 0. The Balaban J connectivity index is 1.53. The van der Waals surface area contributed by atoms with Crippen molar-refractivity contribution in [1.29, 1.82) is 0 Å². The van der Waals surface area contributed by atoms with Crippen molar-refractivity contribution in [1.82, 2.24) is 15.8 Å². The van der Waals surface area contributed by atoms with Crippen molar-refractivity contribution in [3.63, 3.8) is 0 Å². The highest BCUT2D eigenvalue weighted by molar-refractivity contribution is 6.31. The van der Waals surface area contributed by atoms with Gasteiger partial charge < -0.3 is 0 Å². The highest BCUT2D eigenvalue weighted by atomic mass is 35.5. The monoisotopic (exact) mass is 385 g/mol. The van der Waals surface area contributed by atoms with E-state index in [9.17, 15) is 19.2 Å². The summed E-state index contributed by atoms with van der Waals surface area (Å²) in [4.78, 5) is 49.5. The van der Waals surface area contributed by atoms with E-state index < -0.39 is 17.7 Å². The molecule has 0 saturated carbocycles. The van der Waals surface area contributed by atoms with Crippen LogP contribution in [-0.2, 0) is 16.0 Å². The van der Waals surface area contributed by atoms with E-state index in [0.717, 1.165) is 4.90 Å². The van der Waals surface area contributed by atoms with Crippen LogP contribution < -0.4 is 10.9 Å². The average Bonchev–Trinajstić information content (AvgIpc) is 2.66. The molecule has 0 aliphatic carbocycles. The predicted molar refractivity (Wildman–Crippen MR) is 97.9 cm³/mol. The maximum atomic E-state index is 12.4. The predicted octanol–water partition coefficient (Wildman–Crippen LogP) is 1.72. The number of imide groups is 1. The first-order valence-electron chi connectivity index (χ1n) is 8.23. The third kappa shape index (κ3) is 4.32. The first-order valence-corrected chi connectivity index (χ1v) is 8.61. The van der Waals surface area contributed by atoms with Crippen molar-refractivity contribution in [2.45, 2.75) is 12.8 Å². The number of hydrogen-bond acceptors (Lipinski definition) is 4. The quantitative estimate of drug-likeness (QED) is 0.618. The van der Waals surface area contributed by atoms with E-state index in [1.54, 1.807) is 42.5 Å². The topological polar surface area (TPSA) is 95.6 Å². The number of nitrogens with zero attached hydrogens (tertiary/aromatic N) is 1. The number of rotatable bonds is 4. The number of carbonyl (C=O) groups is 4. The molecule has 4 amide bonds. The number of nitrogens with one attached hydrogen (secondary N) is 2. The molecule has 1 heterocycles. The summed E-state index contributed by atoms with van der Waals surface area (Å²) in [5.41, 5.74) is 5.96. The van der Waals surface area contributed by atoms with Crippen molar-refractivity contribution in [3.05, 3.63) is 70.2 Å². The second-order valence-electron chi connectivity index (χ2n) is 5.95. The average molecular weight is 386 g/mol. The van der Waals surface area contributed by atoms with Crippen molar-refractivity contribution in [2.24, 2.45) is 0 Å². The fourth-order valence-electron chi connectivity index (χ4n) is 2.73. The number of hydrogen-bond donors (Lipinski definition) is 2. The van der Waals surface area contributed by atoms with Crippen molar-refractivity contribution in [2.75, 3.05) is 6.54 Å².